The van der Waals surface area contributed by atoms with Crippen LogP contribution < -0.4 is 11.2 Å². The molecule has 0 unspecified atom stereocenters. The summed E-state index contributed by atoms with van der Waals surface area (Å²) in [5.74, 6) is -0.832. The van der Waals surface area contributed by atoms with Gasteiger partial charge in [-0.1, -0.05) is 11.6 Å². The molecular formula is C8H9ClF3N5O. The fraction of sp³-hybridized carbons (Fsp3) is 0.125. The zero-order valence-corrected chi connectivity index (χ0v) is 9.57. The predicted octanol–water partition coefficient (Wildman–Crippen LogP) is 1.38. The molecule has 100 valence electrons. The second-order valence-corrected chi connectivity index (χ2v) is 2.87. The number of rotatable bonds is 2. The molecule has 0 amide bonds. The molecule has 0 aromatic carbocycles. The molecular weight excluding hydrogens is 275 g/mol. The van der Waals surface area contributed by atoms with Crippen molar-refractivity contribution >= 4 is 23.8 Å². The lowest BCUT2D eigenvalue weighted by Gasteiger charge is -1.95. The summed E-state index contributed by atoms with van der Waals surface area (Å²) >= 11 is 5.64. The van der Waals surface area contributed by atoms with Crippen LogP contribution in [0.1, 0.15) is 5.69 Å². The number of nitrogens with one attached hydrogen (secondary N) is 1. The van der Waals surface area contributed by atoms with E-state index in [9.17, 15) is 13.2 Å². The van der Waals surface area contributed by atoms with Crippen LogP contribution in [0.25, 0.3) is 0 Å². The topological polar surface area (TPSA) is 95.9 Å². The van der Waals surface area contributed by atoms with Crippen molar-refractivity contribution in [1.82, 2.24) is 10.5 Å². The molecule has 0 spiro atoms. The number of hydrogen-bond acceptors (Lipinski definition) is 4. The summed E-state index contributed by atoms with van der Waals surface area (Å²) in [7, 11) is 0. The summed E-state index contributed by atoms with van der Waals surface area (Å²) in [4.78, 5) is 3.65. The fourth-order valence-corrected chi connectivity index (χ4v) is 0.890. The van der Waals surface area contributed by atoms with Crippen molar-refractivity contribution in [3.63, 3.8) is 0 Å². The molecule has 0 fully saturated rings. The van der Waals surface area contributed by atoms with Gasteiger partial charge < -0.3 is 5.73 Å². The fourth-order valence-electron chi connectivity index (χ4n) is 0.688. The van der Waals surface area contributed by atoms with Crippen LogP contribution >= 0.6 is 11.6 Å². The smallest absolute Gasteiger partial charge is 0.237 e. The number of nitrogens with zero attached hydrogens (tertiary/aromatic N) is 3. The van der Waals surface area contributed by atoms with E-state index in [1.54, 1.807) is 5.48 Å². The Labute approximate surface area is 105 Å². The minimum absolute atomic E-state index is 0.101. The van der Waals surface area contributed by atoms with E-state index >= 15 is 0 Å². The van der Waals surface area contributed by atoms with Crippen molar-refractivity contribution in [3.05, 3.63) is 28.8 Å². The first-order valence-corrected chi connectivity index (χ1v) is 4.62. The molecule has 0 aliphatic heterocycles. The maximum Gasteiger partial charge on any atom is 0.237 e. The van der Waals surface area contributed by atoms with E-state index in [2.05, 4.69) is 15.2 Å². The maximum atomic E-state index is 12.6. The summed E-state index contributed by atoms with van der Waals surface area (Å²) < 4.78 is 31.8. The number of guanidine groups is 1. The molecule has 0 radical (unpaired) electrons. The average molecular weight is 284 g/mol. The molecule has 0 aliphatic carbocycles. The van der Waals surface area contributed by atoms with E-state index in [0.717, 1.165) is 12.3 Å². The van der Waals surface area contributed by atoms with Crippen molar-refractivity contribution in [2.75, 3.05) is 6.93 Å². The largest absolute Gasteiger partial charge is 0.367 e. The van der Waals surface area contributed by atoms with Gasteiger partial charge in [0, 0.05) is 0 Å². The third-order valence-electron chi connectivity index (χ3n) is 1.30. The van der Waals surface area contributed by atoms with E-state index < -0.39 is 12.7 Å². The predicted molar refractivity (Wildman–Crippen MR) is 60.4 cm³/mol. The van der Waals surface area contributed by atoms with E-state index in [1.165, 1.54) is 6.21 Å². The third-order valence-corrected chi connectivity index (χ3v) is 1.60. The van der Waals surface area contributed by atoms with Gasteiger partial charge in [-0.15, -0.1) is 5.10 Å². The first kappa shape index (κ1) is 16.1. The first-order chi connectivity index (χ1) is 8.54. The zero-order valence-electron chi connectivity index (χ0n) is 8.82. The van der Waals surface area contributed by atoms with Crippen LogP contribution in [-0.4, -0.2) is 29.3 Å². The van der Waals surface area contributed by atoms with Crippen LogP contribution in [0.15, 0.2) is 22.5 Å². The zero-order chi connectivity index (χ0) is 14.0. The third kappa shape index (κ3) is 6.66. The molecule has 10 heteroatoms. The van der Waals surface area contributed by atoms with Crippen molar-refractivity contribution in [2.45, 2.75) is 0 Å². The number of aromatic nitrogens is 1. The Hall–Kier alpha value is -1.87. The minimum Gasteiger partial charge on any atom is -0.367 e. The molecule has 0 saturated heterocycles. The standard InChI is InChI=1S/C7H7ClFN5O.CH2F2/c8-5-1-4(9)2-11-6(5)3-12-13-7(10)14-15;2-1-3/h1-3,15H,(H3,10,13,14);1H2/b12-3+;. The molecule has 1 aromatic heterocycles. The second-order valence-electron chi connectivity index (χ2n) is 2.46. The van der Waals surface area contributed by atoms with Crippen molar-refractivity contribution in [3.8, 4) is 0 Å². The Balaban J connectivity index is 0.000000873. The highest BCUT2D eigenvalue weighted by molar-refractivity contribution is 6.32. The average Bonchev–Trinajstić information content (AvgIpc) is 2.32. The monoisotopic (exact) mass is 283 g/mol. The van der Waals surface area contributed by atoms with Crippen molar-refractivity contribution in [2.24, 2.45) is 15.9 Å². The van der Waals surface area contributed by atoms with Gasteiger partial charge in [0.25, 0.3) is 0 Å². The van der Waals surface area contributed by atoms with E-state index in [0.29, 0.717) is 0 Å². The van der Waals surface area contributed by atoms with Gasteiger partial charge in [0.15, 0.2) is 0 Å². The Morgan fingerprint density at radius 3 is 2.72 bits per heavy atom. The van der Waals surface area contributed by atoms with Crippen molar-refractivity contribution < 1.29 is 18.4 Å². The minimum atomic E-state index is -1.75. The lowest BCUT2D eigenvalue weighted by atomic mass is 10.4. The summed E-state index contributed by atoms with van der Waals surface area (Å²) in [6, 6.07) is 1.09. The van der Waals surface area contributed by atoms with Gasteiger partial charge in [-0.2, -0.15) is 5.10 Å². The molecule has 0 aliphatic rings. The Kier molecular flexibility index (Phi) is 8.24. The van der Waals surface area contributed by atoms with Gasteiger partial charge in [-0.05, 0) is 6.07 Å². The number of alkyl halides is 2. The Bertz CT molecular complexity index is 429. The highest BCUT2D eigenvalue weighted by Gasteiger charge is 2.00. The molecule has 18 heavy (non-hydrogen) atoms. The highest BCUT2D eigenvalue weighted by atomic mass is 35.5. The normalized spacial score (nSPS) is 11.1. The van der Waals surface area contributed by atoms with Gasteiger partial charge in [0.1, 0.15) is 11.5 Å². The summed E-state index contributed by atoms with van der Waals surface area (Å²) in [5, 5.41) is 15.1. The first-order valence-electron chi connectivity index (χ1n) is 4.24. The lowest BCUT2D eigenvalue weighted by molar-refractivity contribution is 0.232. The molecule has 0 bridgehead atoms. The summed E-state index contributed by atoms with van der Waals surface area (Å²) in [6.45, 7) is -1.75. The second kappa shape index (κ2) is 9.19. The molecule has 6 nitrogen and oxygen atoms in total. The maximum absolute atomic E-state index is 12.6. The summed E-state index contributed by atoms with van der Waals surface area (Å²) in [5.41, 5.74) is 6.88. The van der Waals surface area contributed by atoms with Gasteiger partial charge in [-0.25, -0.2) is 18.7 Å². The van der Waals surface area contributed by atoms with E-state index in [-0.39, 0.29) is 16.7 Å². The Morgan fingerprint density at radius 2 is 2.22 bits per heavy atom. The van der Waals surface area contributed by atoms with Gasteiger partial charge >= 0.3 is 0 Å². The molecule has 0 saturated carbocycles. The molecule has 0 atom stereocenters. The number of hydrogen-bond donors (Lipinski definition) is 3. The van der Waals surface area contributed by atoms with Crippen LogP contribution in [0, 0.1) is 5.82 Å². The number of hydroxylamine groups is 1. The molecule has 4 N–H and O–H groups in total. The quantitative estimate of drug-likeness (QED) is 0.434. The molecule has 1 heterocycles. The number of halogens is 4. The van der Waals surface area contributed by atoms with E-state index in [1.807, 2.05) is 0 Å². The molecule has 1 aromatic rings. The lowest BCUT2D eigenvalue weighted by Crippen LogP contribution is -2.27. The van der Waals surface area contributed by atoms with Crippen LogP contribution in [0.5, 0.6) is 0 Å². The van der Waals surface area contributed by atoms with E-state index in [4.69, 9.17) is 22.5 Å². The van der Waals surface area contributed by atoms with Gasteiger partial charge in [-0.3, -0.25) is 10.2 Å². The van der Waals surface area contributed by atoms with Gasteiger partial charge in [0.05, 0.1) is 17.4 Å². The van der Waals surface area contributed by atoms with Gasteiger partial charge in [0.2, 0.25) is 12.9 Å². The Morgan fingerprint density at radius 1 is 1.61 bits per heavy atom. The van der Waals surface area contributed by atoms with Crippen molar-refractivity contribution in [1.29, 1.82) is 0 Å². The van der Waals surface area contributed by atoms with Crippen LogP contribution in [0.2, 0.25) is 5.02 Å². The van der Waals surface area contributed by atoms with Crippen LogP contribution in [0.3, 0.4) is 0 Å². The SMILES string of the molecule is FCF.NC(=N/N=C/c1ncc(F)cc1Cl)NO. The highest BCUT2D eigenvalue weighted by Crippen LogP contribution is 2.12. The van der Waals surface area contributed by atoms with Crippen LogP contribution in [0.4, 0.5) is 13.2 Å². The number of pyridine rings is 1. The molecule has 1 rings (SSSR count). The van der Waals surface area contributed by atoms with Crippen LogP contribution in [-0.2, 0) is 0 Å². The number of nitrogens with two attached hydrogens (primary N) is 1. The summed E-state index contributed by atoms with van der Waals surface area (Å²) in [6.07, 6.45) is 2.16.